The average molecular weight is 304 g/mol. The van der Waals surface area contributed by atoms with Crippen LogP contribution < -0.4 is 10.2 Å². The molecule has 1 atom stereocenters. The van der Waals surface area contributed by atoms with Gasteiger partial charge in [0.25, 0.3) is 17.6 Å². The second-order valence-corrected chi connectivity index (χ2v) is 4.76. The van der Waals surface area contributed by atoms with Gasteiger partial charge in [0.1, 0.15) is 6.54 Å². The Hall–Kier alpha value is -2.70. The maximum atomic E-state index is 11.9. The number of fused-ring (bicyclic) bond motifs is 1. The van der Waals surface area contributed by atoms with Crippen molar-refractivity contribution in [2.45, 2.75) is 20.0 Å². The van der Waals surface area contributed by atoms with Crippen LogP contribution in [0.25, 0.3) is 0 Å². The summed E-state index contributed by atoms with van der Waals surface area (Å²) in [4.78, 5) is 48.1. The lowest BCUT2D eigenvalue weighted by Gasteiger charge is -2.17. The van der Waals surface area contributed by atoms with Gasteiger partial charge in [-0.05, 0) is 26.0 Å². The molecular weight excluding hydrogens is 288 g/mol. The molecule has 1 N–H and O–H groups in total. The summed E-state index contributed by atoms with van der Waals surface area (Å²) in [6.07, 6.45) is -0.962. The number of rotatable bonds is 5. The van der Waals surface area contributed by atoms with Crippen molar-refractivity contribution in [3.63, 3.8) is 0 Å². The minimum atomic E-state index is -0.962. The Morgan fingerprint density at radius 2 is 1.95 bits per heavy atom. The molecule has 2 rings (SSSR count). The Morgan fingerprint density at radius 1 is 1.27 bits per heavy atom. The molecule has 0 unspecified atom stereocenters. The number of esters is 1. The van der Waals surface area contributed by atoms with Crippen LogP contribution >= 0.6 is 0 Å². The normalized spacial score (nSPS) is 14.5. The fraction of sp³-hybridized carbons (Fsp3) is 0.333. The van der Waals surface area contributed by atoms with Crippen LogP contribution in [-0.4, -0.2) is 42.8 Å². The number of ketones is 1. The highest BCUT2D eigenvalue weighted by atomic mass is 16.5. The highest BCUT2D eigenvalue weighted by molar-refractivity contribution is 6.52. The summed E-state index contributed by atoms with van der Waals surface area (Å²) in [7, 11) is 0. The van der Waals surface area contributed by atoms with Crippen LogP contribution in [0.4, 0.5) is 5.69 Å². The molecule has 116 valence electrons. The van der Waals surface area contributed by atoms with Crippen molar-refractivity contribution in [1.82, 2.24) is 5.32 Å². The van der Waals surface area contributed by atoms with Crippen LogP contribution in [0.1, 0.15) is 24.2 Å². The van der Waals surface area contributed by atoms with Crippen LogP contribution in [0, 0.1) is 0 Å². The predicted molar refractivity (Wildman–Crippen MR) is 77.4 cm³/mol. The molecule has 7 heteroatoms. The molecule has 0 aliphatic carbocycles. The van der Waals surface area contributed by atoms with Gasteiger partial charge in [0, 0.05) is 6.54 Å². The third-order valence-corrected chi connectivity index (χ3v) is 3.19. The maximum Gasteiger partial charge on any atom is 0.326 e. The summed E-state index contributed by atoms with van der Waals surface area (Å²) in [5.41, 5.74) is 0.636. The highest BCUT2D eigenvalue weighted by Crippen LogP contribution is 2.28. The van der Waals surface area contributed by atoms with E-state index in [-0.39, 0.29) is 5.56 Å². The first-order valence-corrected chi connectivity index (χ1v) is 6.88. The van der Waals surface area contributed by atoms with Gasteiger partial charge in [-0.25, -0.2) is 0 Å². The molecule has 0 saturated carbocycles. The van der Waals surface area contributed by atoms with Gasteiger partial charge in [-0.3, -0.25) is 24.1 Å². The van der Waals surface area contributed by atoms with E-state index in [2.05, 4.69) is 5.32 Å². The van der Waals surface area contributed by atoms with E-state index in [4.69, 9.17) is 4.74 Å². The molecule has 1 aliphatic heterocycles. The highest BCUT2D eigenvalue weighted by Gasteiger charge is 2.37. The first-order chi connectivity index (χ1) is 10.5. The Bertz CT molecular complexity index is 641. The summed E-state index contributed by atoms with van der Waals surface area (Å²) < 4.78 is 4.97. The number of hydrogen-bond donors (Lipinski definition) is 1. The van der Waals surface area contributed by atoms with Crippen molar-refractivity contribution in [2.24, 2.45) is 0 Å². The molecule has 1 aromatic rings. The molecule has 0 radical (unpaired) electrons. The van der Waals surface area contributed by atoms with Crippen molar-refractivity contribution in [3.8, 4) is 0 Å². The number of carbonyl (C=O) groups is 4. The van der Waals surface area contributed by atoms with Gasteiger partial charge in [-0.2, -0.15) is 0 Å². The summed E-state index contributed by atoms with van der Waals surface area (Å²) in [5.74, 6) is -2.60. The average Bonchev–Trinajstić information content (AvgIpc) is 2.73. The van der Waals surface area contributed by atoms with E-state index in [1.165, 1.54) is 13.0 Å². The molecule has 0 bridgehead atoms. The van der Waals surface area contributed by atoms with E-state index in [1.54, 1.807) is 25.1 Å². The molecule has 22 heavy (non-hydrogen) atoms. The van der Waals surface area contributed by atoms with Crippen LogP contribution in [0.2, 0.25) is 0 Å². The summed E-state index contributed by atoms with van der Waals surface area (Å²) >= 11 is 0. The standard InChI is InChI=1S/C15H16N2O5/c1-3-16-14(20)9(2)22-12(18)8-17-11-7-5-4-6-10(11)13(19)15(17)21/h4-7,9H,3,8H2,1-2H3,(H,16,20)/t9-/m0/s1. The van der Waals surface area contributed by atoms with Crippen molar-refractivity contribution in [2.75, 3.05) is 18.0 Å². The van der Waals surface area contributed by atoms with Crippen LogP contribution in [0.3, 0.4) is 0 Å². The van der Waals surface area contributed by atoms with Gasteiger partial charge in [-0.1, -0.05) is 12.1 Å². The van der Waals surface area contributed by atoms with Crippen molar-refractivity contribution >= 4 is 29.3 Å². The lowest BCUT2D eigenvalue weighted by molar-refractivity contribution is -0.153. The Balaban J connectivity index is 2.05. The maximum absolute atomic E-state index is 11.9. The number of hydrogen-bond acceptors (Lipinski definition) is 5. The van der Waals surface area contributed by atoms with E-state index in [1.807, 2.05) is 0 Å². The second kappa shape index (κ2) is 6.38. The van der Waals surface area contributed by atoms with Crippen molar-refractivity contribution in [1.29, 1.82) is 0 Å². The minimum absolute atomic E-state index is 0.261. The number of benzene rings is 1. The lowest BCUT2D eigenvalue weighted by atomic mass is 10.1. The van der Waals surface area contributed by atoms with Crippen LogP contribution in [-0.2, 0) is 19.1 Å². The molecule has 0 aromatic heterocycles. The molecule has 2 amide bonds. The SMILES string of the molecule is CCNC(=O)[C@H](C)OC(=O)CN1C(=O)C(=O)c2ccccc21. The number of amides is 2. The van der Waals surface area contributed by atoms with E-state index in [9.17, 15) is 19.2 Å². The van der Waals surface area contributed by atoms with Crippen LogP contribution in [0.5, 0.6) is 0 Å². The number of carbonyl (C=O) groups excluding carboxylic acids is 4. The number of likely N-dealkylation sites (N-methyl/N-ethyl adjacent to an activating group) is 1. The van der Waals surface area contributed by atoms with Gasteiger partial charge in [0.15, 0.2) is 6.10 Å². The number of nitrogens with one attached hydrogen (secondary N) is 1. The molecule has 0 saturated heterocycles. The summed E-state index contributed by atoms with van der Waals surface area (Å²) in [6.45, 7) is 3.20. The van der Waals surface area contributed by atoms with Crippen molar-refractivity contribution in [3.05, 3.63) is 29.8 Å². The van der Waals surface area contributed by atoms with Gasteiger partial charge in [0.05, 0.1) is 11.3 Å². The van der Waals surface area contributed by atoms with E-state index < -0.39 is 36.2 Å². The Morgan fingerprint density at radius 3 is 2.64 bits per heavy atom. The second-order valence-electron chi connectivity index (χ2n) is 4.76. The summed E-state index contributed by atoms with van der Waals surface area (Å²) in [6, 6.07) is 6.42. The number of para-hydroxylation sites is 1. The number of ether oxygens (including phenoxy) is 1. The predicted octanol–water partition coefficient (Wildman–Crippen LogP) is 0.284. The number of anilines is 1. The monoisotopic (exact) mass is 304 g/mol. The molecule has 7 nitrogen and oxygen atoms in total. The fourth-order valence-electron chi connectivity index (χ4n) is 2.14. The van der Waals surface area contributed by atoms with Crippen molar-refractivity contribution < 1.29 is 23.9 Å². The largest absolute Gasteiger partial charge is 0.451 e. The van der Waals surface area contributed by atoms with Crippen LogP contribution in [0.15, 0.2) is 24.3 Å². The van der Waals surface area contributed by atoms with E-state index in [0.717, 1.165) is 4.90 Å². The Labute approximate surface area is 127 Å². The van der Waals surface area contributed by atoms with E-state index in [0.29, 0.717) is 12.2 Å². The summed E-state index contributed by atoms with van der Waals surface area (Å²) in [5, 5.41) is 2.52. The zero-order valence-corrected chi connectivity index (χ0v) is 12.3. The van der Waals surface area contributed by atoms with E-state index >= 15 is 0 Å². The molecule has 1 heterocycles. The third-order valence-electron chi connectivity index (χ3n) is 3.19. The topological polar surface area (TPSA) is 92.8 Å². The fourth-order valence-corrected chi connectivity index (χ4v) is 2.14. The Kier molecular flexibility index (Phi) is 4.55. The van der Waals surface area contributed by atoms with Gasteiger partial charge < -0.3 is 10.1 Å². The van der Waals surface area contributed by atoms with Gasteiger partial charge in [-0.15, -0.1) is 0 Å². The molecule has 0 spiro atoms. The first kappa shape index (κ1) is 15.7. The number of Topliss-reactive ketones (excluding diaryl/α,β-unsaturated/α-hetero) is 1. The quantitative estimate of drug-likeness (QED) is 0.623. The zero-order valence-electron chi connectivity index (χ0n) is 12.3. The van der Waals surface area contributed by atoms with Gasteiger partial charge in [0.2, 0.25) is 0 Å². The molecule has 1 aliphatic rings. The molecule has 1 aromatic carbocycles. The first-order valence-electron chi connectivity index (χ1n) is 6.88. The zero-order chi connectivity index (χ0) is 16.3. The molecule has 0 fully saturated rings. The van der Waals surface area contributed by atoms with Gasteiger partial charge >= 0.3 is 5.97 Å². The lowest BCUT2D eigenvalue weighted by Crippen LogP contribution is -2.40. The molecular formula is C15H16N2O5. The minimum Gasteiger partial charge on any atom is -0.451 e. The number of nitrogens with zero attached hydrogens (tertiary/aromatic N) is 1. The third kappa shape index (κ3) is 2.98. The smallest absolute Gasteiger partial charge is 0.326 e.